The molecule has 1 saturated heterocycles. The lowest BCUT2D eigenvalue weighted by molar-refractivity contribution is -0.151. The number of β-amino-alcohol motifs (C(OH)–C–C–N with tert-alkyl or cyclic N) is 1. The summed E-state index contributed by atoms with van der Waals surface area (Å²) in [6, 6.07) is 1.77. The van der Waals surface area contributed by atoms with Crippen LogP contribution in [0, 0.1) is 11.3 Å². The van der Waals surface area contributed by atoms with Gasteiger partial charge in [-0.1, -0.05) is 0 Å². The Morgan fingerprint density at radius 2 is 2.36 bits per heavy atom. The zero-order chi connectivity index (χ0) is 8.48. The van der Waals surface area contributed by atoms with Crippen molar-refractivity contribution in [2.45, 2.75) is 18.9 Å². The molecule has 1 aliphatic rings. The Bertz CT molecular complexity index is 209. The van der Waals surface area contributed by atoms with E-state index in [1.807, 2.05) is 0 Å². The highest BCUT2D eigenvalue weighted by molar-refractivity contribution is 5.79. The van der Waals surface area contributed by atoms with Crippen LogP contribution in [0.25, 0.3) is 0 Å². The predicted octanol–water partition coefficient (Wildman–Crippen LogP) is -0.507. The van der Waals surface area contributed by atoms with E-state index >= 15 is 0 Å². The van der Waals surface area contributed by atoms with Gasteiger partial charge in [-0.15, -0.1) is 0 Å². The summed E-state index contributed by atoms with van der Waals surface area (Å²) in [5, 5.41) is 17.4. The maximum absolute atomic E-state index is 10.9. The van der Waals surface area contributed by atoms with Crippen molar-refractivity contribution in [2.24, 2.45) is 0 Å². The SMILES string of the molecule is CC1(O)CN(C(=O)CC#N)C1. The molecule has 60 valence electrons. The highest BCUT2D eigenvalue weighted by atomic mass is 16.3. The van der Waals surface area contributed by atoms with Gasteiger partial charge in [0.05, 0.1) is 24.8 Å². The van der Waals surface area contributed by atoms with Gasteiger partial charge in [-0.25, -0.2) is 0 Å². The van der Waals surface area contributed by atoms with Gasteiger partial charge in [-0.05, 0) is 6.92 Å². The number of aliphatic hydroxyl groups is 1. The van der Waals surface area contributed by atoms with E-state index in [2.05, 4.69) is 0 Å². The molecule has 0 saturated carbocycles. The number of carbonyl (C=O) groups excluding carboxylic acids is 1. The Kier molecular flexibility index (Phi) is 1.83. The number of nitriles is 1. The van der Waals surface area contributed by atoms with Crippen molar-refractivity contribution in [3.05, 3.63) is 0 Å². The molecule has 0 aromatic heterocycles. The molecule has 1 N–H and O–H groups in total. The molecule has 0 unspecified atom stereocenters. The van der Waals surface area contributed by atoms with Crippen LogP contribution in [-0.4, -0.2) is 34.6 Å². The van der Waals surface area contributed by atoms with Gasteiger partial charge in [0.15, 0.2) is 0 Å². The quantitative estimate of drug-likeness (QED) is 0.553. The molecular formula is C7H10N2O2. The van der Waals surface area contributed by atoms with Crippen LogP contribution in [0.1, 0.15) is 13.3 Å². The number of likely N-dealkylation sites (tertiary alicyclic amines) is 1. The number of hydrogen-bond donors (Lipinski definition) is 1. The average Bonchev–Trinajstić information content (AvgIpc) is 1.83. The van der Waals surface area contributed by atoms with E-state index < -0.39 is 5.60 Å². The Balaban J connectivity index is 2.34. The van der Waals surface area contributed by atoms with Crippen LogP contribution < -0.4 is 0 Å². The highest BCUT2D eigenvalue weighted by Gasteiger charge is 2.38. The highest BCUT2D eigenvalue weighted by Crippen LogP contribution is 2.19. The fourth-order valence-corrected chi connectivity index (χ4v) is 1.13. The molecule has 1 amide bonds. The van der Waals surface area contributed by atoms with Gasteiger partial charge in [0.2, 0.25) is 5.91 Å². The molecule has 0 aliphatic carbocycles. The van der Waals surface area contributed by atoms with Gasteiger partial charge >= 0.3 is 0 Å². The van der Waals surface area contributed by atoms with Crippen LogP contribution >= 0.6 is 0 Å². The summed E-state index contributed by atoms with van der Waals surface area (Å²) in [6.07, 6.45) is -0.0872. The Morgan fingerprint density at radius 1 is 1.82 bits per heavy atom. The minimum Gasteiger partial charge on any atom is -0.386 e. The van der Waals surface area contributed by atoms with Crippen LogP contribution in [-0.2, 0) is 4.79 Å². The van der Waals surface area contributed by atoms with Gasteiger partial charge in [0, 0.05) is 0 Å². The number of amides is 1. The molecule has 1 aliphatic heterocycles. The van der Waals surface area contributed by atoms with Gasteiger partial charge < -0.3 is 10.0 Å². The van der Waals surface area contributed by atoms with Gasteiger partial charge in [0.1, 0.15) is 6.42 Å². The van der Waals surface area contributed by atoms with Crippen molar-refractivity contribution in [2.75, 3.05) is 13.1 Å². The van der Waals surface area contributed by atoms with Crippen LogP contribution in [0.2, 0.25) is 0 Å². The summed E-state index contributed by atoms with van der Waals surface area (Å²) in [5.41, 5.74) is -0.731. The van der Waals surface area contributed by atoms with Crippen molar-refractivity contribution in [1.82, 2.24) is 4.90 Å². The lowest BCUT2D eigenvalue weighted by atomic mass is 9.97. The van der Waals surface area contributed by atoms with Crippen LogP contribution in [0.3, 0.4) is 0 Å². The summed E-state index contributed by atoms with van der Waals surface area (Å²) >= 11 is 0. The predicted molar refractivity (Wildman–Crippen MR) is 37.4 cm³/mol. The second-order valence-electron chi connectivity index (χ2n) is 3.08. The van der Waals surface area contributed by atoms with E-state index in [1.54, 1.807) is 13.0 Å². The number of carbonyl (C=O) groups is 1. The molecule has 0 aromatic carbocycles. The van der Waals surface area contributed by atoms with Gasteiger partial charge in [-0.2, -0.15) is 5.26 Å². The third kappa shape index (κ3) is 1.69. The molecule has 0 atom stereocenters. The molecule has 4 nitrogen and oxygen atoms in total. The standard InChI is InChI=1S/C7H10N2O2/c1-7(11)4-9(5-7)6(10)2-3-8/h11H,2,4-5H2,1H3. The van der Waals surface area contributed by atoms with E-state index in [0.717, 1.165) is 0 Å². The first kappa shape index (κ1) is 8.02. The van der Waals surface area contributed by atoms with Crippen molar-refractivity contribution in [3.8, 4) is 6.07 Å². The van der Waals surface area contributed by atoms with Crippen molar-refractivity contribution in [3.63, 3.8) is 0 Å². The summed E-state index contributed by atoms with van der Waals surface area (Å²) in [4.78, 5) is 12.4. The van der Waals surface area contributed by atoms with Crippen molar-refractivity contribution >= 4 is 5.91 Å². The molecule has 1 rings (SSSR count). The maximum Gasteiger partial charge on any atom is 0.236 e. The third-order valence-corrected chi connectivity index (χ3v) is 1.65. The molecule has 0 spiro atoms. The minimum absolute atomic E-state index is 0.0872. The summed E-state index contributed by atoms with van der Waals surface area (Å²) in [7, 11) is 0. The van der Waals surface area contributed by atoms with E-state index in [4.69, 9.17) is 5.26 Å². The van der Waals surface area contributed by atoms with Crippen LogP contribution in [0.4, 0.5) is 0 Å². The zero-order valence-electron chi connectivity index (χ0n) is 6.37. The Hall–Kier alpha value is -1.08. The molecular weight excluding hydrogens is 144 g/mol. The fourth-order valence-electron chi connectivity index (χ4n) is 1.13. The summed E-state index contributed by atoms with van der Waals surface area (Å²) < 4.78 is 0. The second kappa shape index (κ2) is 2.51. The van der Waals surface area contributed by atoms with Crippen molar-refractivity contribution in [1.29, 1.82) is 5.26 Å². The number of nitrogens with zero attached hydrogens (tertiary/aromatic N) is 2. The topological polar surface area (TPSA) is 64.3 Å². The van der Waals surface area contributed by atoms with Gasteiger partial charge in [-0.3, -0.25) is 4.79 Å². The van der Waals surface area contributed by atoms with E-state index in [1.165, 1.54) is 4.90 Å². The van der Waals surface area contributed by atoms with E-state index in [9.17, 15) is 9.90 Å². The zero-order valence-corrected chi connectivity index (χ0v) is 6.37. The van der Waals surface area contributed by atoms with E-state index in [-0.39, 0.29) is 12.3 Å². The monoisotopic (exact) mass is 154 g/mol. The lowest BCUT2D eigenvalue weighted by Crippen LogP contribution is -2.61. The van der Waals surface area contributed by atoms with Crippen LogP contribution in [0.15, 0.2) is 0 Å². The van der Waals surface area contributed by atoms with Crippen LogP contribution in [0.5, 0.6) is 0 Å². The van der Waals surface area contributed by atoms with Gasteiger partial charge in [0.25, 0.3) is 0 Å². The molecule has 0 radical (unpaired) electrons. The molecule has 0 aromatic rings. The Morgan fingerprint density at radius 3 is 2.73 bits per heavy atom. The molecule has 11 heavy (non-hydrogen) atoms. The minimum atomic E-state index is -0.731. The summed E-state index contributed by atoms with van der Waals surface area (Å²) in [6.45, 7) is 2.38. The molecule has 1 heterocycles. The molecule has 4 heteroatoms. The second-order valence-corrected chi connectivity index (χ2v) is 3.08. The largest absolute Gasteiger partial charge is 0.386 e. The summed E-state index contributed by atoms with van der Waals surface area (Å²) in [5.74, 6) is -0.195. The molecule has 1 fully saturated rings. The number of hydrogen-bond acceptors (Lipinski definition) is 3. The average molecular weight is 154 g/mol. The first-order valence-corrected chi connectivity index (χ1v) is 3.42. The Labute approximate surface area is 65.0 Å². The number of rotatable bonds is 1. The normalized spacial score (nSPS) is 20.3. The smallest absolute Gasteiger partial charge is 0.236 e. The van der Waals surface area contributed by atoms with E-state index in [0.29, 0.717) is 13.1 Å². The first-order chi connectivity index (χ1) is 5.05. The molecule has 0 bridgehead atoms. The maximum atomic E-state index is 10.9. The fraction of sp³-hybridized carbons (Fsp3) is 0.714. The first-order valence-electron chi connectivity index (χ1n) is 3.42. The third-order valence-electron chi connectivity index (χ3n) is 1.65. The van der Waals surface area contributed by atoms with Crippen molar-refractivity contribution < 1.29 is 9.90 Å². The lowest BCUT2D eigenvalue weighted by Gasteiger charge is -2.43.